The molecule has 5 nitrogen and oxygen atoms in total. The van der Waals surface area contributed by atoms with Gasteiger partial charge in [0.15, 0.2) is 11.5 Å². The molecule has 1 fully saturated rings. The quantitative estimate of drug-likeness (QED) is 0.646. The molecule has 3 unspecified atom stereocenters. The third-order valence-corrected chi connectivity index (χ3v) is 7.15. The topological polar surface area (TPSA) is 60.5 Å². The molecule has 6 heteroatoms. The summed E-state index contributed by atoms with van der Waals surface area (Å²) in [6.45, 7) is 2.27. The highest BCUT2D eigenvalue weighted by Gasteiger charge is 2.34. The fourth-order valence-corrected chi connectivity index (χ4v) is 5.54. The first-order valence-corrected chi connectivity index (χ1v) is 11.1. The SMILES string of the molecule is CC(NC(=O)C1CCCCC1c1nc2ccccc2s1)c1ccc2c(c1)OCO2. The van der Waals surface area contributed by atoms with Gasteiger partial charge in [-0.15, -0.1) is 11.3 Å². The van der Waals surface area contributed by atoms with Crippen LogP contribution in [0.15, 0.2) is 42.5 Å². The molecule has 1 saturated carbocycles. The van der Waals surface area contributed by atoms with Crippen LogP contribution >= 0.6 is 11.3 Å². The number of ether oxygens (including phenoxy) is 2. The van der Waals surface area contributed by atoms with Gasteiger partial charge in [0.05, 0.1) is 21.3 Å². The fourth-order valence-electron chi connectivity index (χ4n) is 4.38. The molecule has 0 saturated heterocycles. The lowest BCUT2D eigenvalue weighted by atomic mass is 9.79. The Morgan fingerprint density at radius 2 is 1.97 bits per heavy atom. The number of carbonyl (C=O) groups is 1. The normalized spacial score (nSPS) is 21.8. The van der Waals surface area contributed by atoms with Gasteiger partial charge in [-0.2, -0.15) is 0 Å². The second kappa shape index (κ2) is 7.67. The molecule has 29 heavy (non-hydrogen) atoms. The number of aromatic nitrogens is 1. The molecule has 3 atom stereocenters. The van der Waals surface area contributed by atoms with Crippen LogP contribution in [0.4, 0.5) is 0 Å². The Morgan fingerprint density at radius 1 is 1.14 bits per heavy atom. The van der Waals surface area contributed by atoms with E-state index < -0.39 is 0 Å². The number of para-hydroxylation sites is 1. The molecule has 1 aliphatic heterocycles. The molecule has 0 radical (unpaired) electrons. The zero-order valence-corrected chi connectivity index (χ0v) is 17.2. The number of nitrogens with one attached hydrogen (secondary N) is 1. The molecule has 5 rings (SSSR count). The van der Waals surface area contributed by atoms with Crippen LogP contribution in [0.25, 0.3) is 10.2 Å². The maximum absolute atomic E-state index is 13.2. The van der Waals surface area contributed by atoms with E-state index in [0.29, 0.717) is 0 Å². The molecule has 0 bridgehead atoms. The largest absolute Gasteiger partial charge is 0.454 e. The Hall–Kier alpha value is -2.60. The third-order valence-electron chi connectivity index (χ3n) is 5.99. The lowest BCUT2D eigenvalue weighted by Crippen LogP contribution is -2.37. The molecule has 1 N–H and O–H groups in total. The van der Waals surface area contributed by atoms with Crippen molar-refractivity contribution in [3.05, 3.63) is 53.0 Å². The van der Waals surface area contributed by atoms with Gasteiger partial charge in [-0.1, -0.05) is 31.0 Å². The van der Waals surface area contributed by atoms with Crippen LogP contribution in [-0.2, 0) is 4.79 Å². The zero-order chi connectivity index (χ0) is 19.8. The van der Waals surface area contributed by atoms with Gasteiger partial charge >= 0.3 is 0 Å². The highest BCUT2D eigenvalue weighted by Crippen LogP contribution is 2.41. The summed E-state index contributed by atoms with van der Waals surface area (Å²) >= 11 is 1.73. The third kappa shape index (κ3) is 3.57. The molecule has 1 amide bonds. The lowest BCUT2D eigenvalue weighted by Gasteiger charge is -2.30. The number of carbonyl (C=O) groups excluding carboxylic acids is 1. The standard InChI is InChI=1S/C23H24N2O3S/c1-14(15-10-11-19-20(12-15)28-13-27-19)24-22(26)16-6-2-3-7-17(16)23-25-18-8-4-5-9-21(18)29-23/h4-5,8-12,14,16-17H,2-3,6-7,13H2,1H3,(H,24,26). The first-order valence-electron chi connectivity index (χ1n) is 10.2. The van der Waals surface area contributed by atoms with Crippen LogP contribution < -0.4 is 14.8 Å². The van der Waals surface area contributed by atoms with Crippen LogP contribution in [0.3, 0.4) is 0 Å². The number of rotatable bonds is 4. The van der Waals surface area contributed by atoms with Crippen molar-refractivity contribution in [3.8, 4) is 11.5 Å². The van der Waals surface area contributed by atoms with Gasteiger partial charge in [-0.05, 0) is 49.6 Å². The molecule has 2 heterocycles. The number of thiazole rings is 1. The minimum absolute atomic E-state index is 0.0271. The fraction of sp³-hybridized carbons (Fsp3) is 0.391. The summed E-state index contributed by atoms with van der Waals surface area (Å²) in [5.74, 6) is 1.80. The maximum atomic E-state index is 13.2. The smallest absolute Gasteiger partial charge is 0.231 e. The predicted octanol–water partition coefficient (Wildman–Crippen LogP) is 5.18. The zero-order valence-electron chi connectivity index (χ0n) is 16.4. The highest BCUT2D eigenvalue weighted by atomic mass is 32.1. The average molecular weight is 409 g/mol. The summed E-state index contributed by atoms with van der Waals surface area (Å²) in [6.07, 6.45) is 4.19. The number of nitrogens with zero attached hydrogens (tertiary/aromatic N) is 1. The lowest BCUT2D eigenvalue weighted by molar-refractivity contribution is -0.127. The van der Waals surface area contributed by atoms with Crippen molar-refractivity contribution in [2.45, 2.75) is 44.6 Å². The van der Waals surface area contributed by atoms with E-state index in [1.807, 2.05) is 37.3 Å². The van der Waals surface area contributed by atoms with Crippen LogP contribution in [0.1, 0.15) is 55.1 Å². The van der Waals surface area contributed by atoms with E-state index in [1.54, 1.807) is 11.3 Å². The van der Waals surface area contributed by atoms with Gasteiger partial charge in [0.25, 0.3) is 0 Å². The van der Waals surface area contributed by atoms with E-state index in [1.165, 1.54) is 4.70 Å². The summed E-state index contributed by atoms with van der Waals surface area (Å²) < 4.78 is 12.0. The Bertz CT molecular complexity index is 1010. The van der Waals surface area contributed by atoms with Gasteiger partial charge in [0, 0.05) is 11.8 Å². The van der Waals surface area contributed by atoms with Gasteiger partial charge < -0.3 is 14.8 Å². The van der Waals surface area contributed by atoms with Crippen molar-refractivity contribution in [3.63, 3.8) is 0 Å². The van der Waals surface area contributed by atoms with Crippen molar-refractivity contribution in [1.82, 2.24) is 10.3 Å². The van der Waals surface area contributed by atoms with Crippen LogP contribution in [0.2, 0.25) is 0 Å². The van der Waals surface area contributed by atoms with Crippen LogP contribution in [0, 0.1) is 5.92 Å². The number of amides is 1. The van der Waals surface area contributed by atoms with Crippen molar-refractivity contribution in [1.29, 1.82) is 0 Å². The van der Waals surface area contributed by atoms with Gasteiger partial charge in [0.1, 0.15) is 0 Å². The number of hydrogen-bond acceptors (Lipinski definition) is 5. The molecular formula is C23H24N2O3S. The molecule has 2 aliphatic rings. The van der Waals surface area contributed by atoms with E-state index in [4.69, 9.17) is 14.5 Å². The Balaban J connectivity index is 1.34. The number of hydrogen-bond donors (Lipinski definition) is 1. The van der Waals surface area contributed by atoms with Crippen molar-refractivity contribution in [2.24, 2.45) is 5.92 Å². The maximum Gasteiger partial charge on any atom is 0.231 e. The summed E-state index contributed by atoms with van der Waals surface area (Å²) in [5.41, 5.74) is 2.06. The van der Waals surface area contributed by atoms with Gasteiger partial charge in [0.2, 0.25) is 12.7 Å². The number of benzene rings is 2. The molecule has 1 aliphatic carbocycles. The van der Waals surface area contributed by atoms with Crippen LogP contribution in [-0.4, -0.2) is 17.7 Å². The molecule has 150 valence electrons. The van der Waals surface area contributed by atoms with Crippen LogP contribution in [0.5, 0.6) is 11.5 Å². The molecule has 1 aromatic heterocycles. The first kappa shape index (κ1) is 18.4. The second-order valence-corrected chi connectivity index (χ2v) is 8.92. The molecule has 2 aromatic carbocycles. The van der Waals surface area contributed by atoms with Crippen molar-refractivity contribution >= 4 is 27.5 Å². The van der Waals surface area contributed by atoms with Crippen molar-refractivity contribution < 1.29 is 14.3 Å². The Kier molecular flexibility index (Phi) is 4.87. The van der Waals surface area contributed by atoms with E-state index in [-0.39, 0.29) is 30.6 Å². The molecule has 0 spiro atoms. The van der Waals surface area contributed by atoms with E-state index in [9.17, 15) is 4.79 Å². The predicted molar refractivity (Wildman–Crippen MR) is 113 cm³/mol. The Morgan fingerprint density at radius 3 is 2.86 bits per heavy atom. The van der Waals surface area contributed by atoms with E-state index >= 15 is 0 Å². The summed E-state index contributed by atoms with van der Waals surface area (Å²) in [5, 5.41) is 4.33. The molecular weight excluding hydrogens is 384 g/mol. The second-order valence-electron chi connectivity index (χ2n) is 7.86. The summed E-state index contributed by atoms with van der Waals surface area (Å²) in [7, 11) is 0. The Labute approximate surface area is 174 Å². The monoisotopic (exact) mass is 408 g/mol. The summed E-state index contributed by atoms with van der Waals surface area (Å²) in [4.78, 5) is 18.1. The first-order chi connectivity index (χ1) is 14.2. The number of fused-ring (bicyclic) bond motifs is 2. The van der Waals surface area contributed by atoms with Crippen molar-refractivity contribution in [2.75, 3.05) is 6.79 Å². The molecule has 3 aromatic rings. The average Bonchev–Trinajstić information content (AvgIpc) is 3.39. The van der Waals surface area contributed by atoms with Gasteiger partial charge in [-0.3, -0.25) is 4.79 Å². The summed E-state index contributed by atoms with van der Waals surface area (Å²) in [6, 6.07) is 14.0. The van der Waals surface area contributed by atoms with E-state index in [2.05, 4.69) is 17.4 Å². The van der Waals surface area contributed by atoms with E-state index in [0.717, 1.165) is 53.3 Å². The minimum Gasteiger partial charge on any atom is -0.454 e. The highest BCUT2D eigenvalue weighted by molar-refractivity contribution is 7.18. The minimum atomic E-state index is -0.0880. The van der Waals surface area contributed by atoms with Gasteiger partial charge in [-0.25, -0.2) is 4.98 Å².